The molecule has 0 aliphatic heterocycles. The zero-order valence-corrected chi connectivity index (χ0v) is 17.0. The van der Waals surface area contributed by atoms with Crippen molar-refractivity contribution in [2.75, 3.05) is 33.4 Å². The molecule has 11 heteroatoms. The van der Waals surface area contributed by atoms with E-state index in [1.54, 1.807) is 6.92 Å². The van der Waals surface area contributed by atoms with Gasteiger partial charge in [0, 0.05) is 25.9 Å². The predicted molar refractivity (Wildman–Crippen MR) is 104 cm³/mol. The third-order valence-electron chi connectivity index (χ3n) is 3.95. The fourth-order valence-electron chi connectivity index (χ4n) is 2.42. The van der Waals surface area contributed by atoms with E-state index in [1.165, 1.54) is 24.3 Å². The van der Waals surface area contributed by atoms with Crippen LogP contribution < -0.4 is 16.6 Å². The quantitative estimate of drug-likeness (QED) is 0.629. The summed E-state index contributed by atoms with van der Waals surface area (Å²) < 4.78 is 25.0. The smallest absolute Gasteiger partial charge is 0.349 e. The molecule has 2 rings (SSSR count). The second kappa shape index (κ2) is 8.48. The molecule has 0 unspecified atom stereocenters. The van der Waals surface area contributed by atoms with Gasteiger partial charge in [-0.15, -0.1) is 0 Å². The molecule has 1 heterocycles. The van der Waals surface area contributed by atoms with Crippen LogP contribution in [0.5, 0.6) is 0 Å². The van der Waals surface area contributed by atoms with Gasteiger partial charge in [0.05, 0.1) is 10.6 Å². The lowest BCUT2D eigenvalue weighted by atomic mass is 10.3. The van der Waals surface area contributed by atoms with Crippen molar-refractivity contribution in [1.82, 2.24) is 24.6 Å². The standard InChI is InChI=1S/C17H23N5O5S/c1-5-21-16(24)14(15(23)18-10-11-20(2)3)19-22(17(21)25)12-6-8-13(9-7-12)28(4,26)27/h6-9H,5,10-11H2,1-4H3,(H,18,23). The van der Waals surface area contributed by atoms with Crippen LogP contribution in [0.1, 0.15) is 17.4 Å². The van der Waals surface area contributed by atoms with Crippen LogP contribution in [0.25, 0.3) is 5.69 Å². The molecule has 0 atom stereocenters. The number of hydrogen-bond donors (Lipinski definition) is 1. The van der Waals surface area contributed by atoms with E-state index in [0.717, 1.165) is 15.5 Å². The summed E-state index contributed by atoms with van der Waals surface area (Å²) in [4.78, 5) is 39.4. The van der Waals surface area contributed by atoms with E-state index in [1.807, 2.05) is 19.0 Å². The van der Waals surface area contributed by atoms with Crippen LogP contribution in [-0.4, -0.2) is 67.0 Å². The molecule has 0 saturated carbocycles. The lowest BCUT2D eigenvalue weighted by molar-refractivity contribution is 0.0941. The molecule has 1 aromatic carbocycles. The molecule has 28 heavy (non-hydrogen) atoms. The average molecular weight is 409 g/mol. The van der Waals surface area contributed by atoms with Gasteiger partial charge in [-0.05, 0) is 45.3 Å². The van der Waals surface area contributed by atoms with Gasteiger partial charge in [0.15, 0.2) is 9.84 Å². The zero-order chi connectivity index (χ0) is 21.1. The first-order chi connectivity index (χ1) is 13.1. The predicted octanol–water partition coefficient (Wildman–Crippen LogP) is -0.891. The Bertz CT molecular complexity index is 1080. The molecule has 0 bridgehead atoms. The van der Waals surface area contributed by atoms with Crippen LogP contribution in [0.2, 0.25) is 0 Å². The molecule has 0 fully saturated rings. The van der Waals surface area contributed by atoms with Crippen molar-refractivity contribution in [3.63, 3.8) is 0 Å². The number of benzene rings is 1. The second-order valence-corrected chi connectivity index (χ2v) is 8.43. The SMILES string of the molecule is CCn1c(=O)c(C(=O)NCCN(C)C)nn(-c2ccc(S(C)(=O)=O)cc2)c1=O. The van der Waals surface area contributed by atoms with Crippen LogP contribution in [0.15, 0.2) is 38.8 Å². The lowest BCUT2D eigenvalue weighted by Crippen LogP contribution is -2.46. The summed E-state index contributed by atoms with van der Waals surface area (Å²) in [6, 6.07) is 5.44. The Hall–Kier alpha value is -2.79. The van der Waals surface area contributed by atoms with Crippen molar-refractivity contribution in [3.05, 3.63) is 50.8 Å². The largest absolute Gasteiger partial charge is 0.352 e. The molecule has 1 N–H and O–H groups in total. The molecule has 0 aliphatic carbocycles. The van der Waals surface area contributed by atoms with Crippen molar-refractivity contribution in [3.8, 4) is 5.69 Å². The van der Waals surface area contributed by atoms with Gasteiger partial charge in [-0.2, -0.15) is 9.78 Å². The summed E-state index contributed by atoms with van der Waals surface area (Å²) in [5, 5.41) is 6.53. The van der Waals surface area contributed by atoms with E-state index in [9.17, 15) is 22.8 Å². The number of carbonyl (C=O) groups is 1. The van der Waals surface area contributed by atoms with Crippen molar-refractivity contribution in [2.45, 2.75) is 18.4 Å². The van der Waals surface area contributed by atoms with Gasteiger partial charge in [0.1, 0.15) is 0 Å². The van der Waals surface area contributed by atoms with Crippen molar-refractivity contribution in [2.24, 2.45) is 0 Å². The zero-order valence-electron chi connectivity index (χ0n) is 16.2. The molecule has 10 nitrogen and oxygen atoms in total. The Morgan fingerprint density at radius 3 is 2.29 bits per heavy atom. The number of rotatable bonds is 7. The fourth-order valence-corrected chi connectivity index (χ4v) is 3.05. The monoisotopic (exact) mass is 409 g/mol. The van der Waals surface area contributed by atoms with E-state index < -0.39 is 32.7 Å². The van der Waals surface area contributed by atoms with Crippen LogP contribution in [0.4, 0.5) is 0 Å². The molecule has 0 aliphatic rings. The first-order valence-corrected chi connectivity index (χ1v) is 10.4. The Kier molecular flexibility index (Phi) is 6.52. The molecule has 0 spiro atoms. The molecular formula is C17H23N5O5S. The van der Waals surface area contributed by atoms with Gasteiger partial charge in [-0.25, -0.2) is 13.2 Å². The summed E-state index contributed by atoms with van der Waals surface area (Å²) in [6.45, 7) is 2.54. The normalized spacial score (nSPS) is 11.6. The van der Waals surface area contributed by atoms with E-state index in [2.05, 4.69) is 10.4 Å². The van der Waals surface area contributed by atoms with Crippen molar-refractivity contribution >= 4 is 15.7 Å². The summed E-state index contributed by atoms with van der Waals surface area (Å²) in [5.41, 5.74) is -1.67. The third kappa shape index (κ3) is 4.73. The van der Waals surface area contributed by atoms with E-state index in [-0.39, 0.29) is 17.1 Å². The van der Waals surface area contributed by atoms with Crippen LogP contribution >= 0.6 is 0 Å². The van der Waals surface area contributed by atoms with E-state index in [4.69, 9.17) is 0 Å². The fraction of sp³-hybridized carbons (Fsp3) is 0.412. The molecule has 152 valence electrons. The maximum Gasteiger partial charge on any atom is 0.352 e. The number of hydrogen-bond acceptors (Lipinski definition) is 7. The summed E-state index contributed by atoms with van der Waals surface area (Å²) >= 11 is 0. The van der Waals surface area contributed by atoms with Crippen LogP contribution in [-0.2, 0) is 16.4 Å². The van der Waals surface area contributed by atoms with Crippen molar-refractivity contribution < 1.29 is 13.2 Å². The van der Waals surface area contributed by atoms with Gasteiger partial charge in [0.25, 0.3) is 11.5 Å². The molecular weight excluding hydrogens is 386 g/mol. The highest BCUT2D eigenvalue weighted by Gasteiger charge is 2.19. The number of aromatic nitrogens is 3. The van der Waals surface area contributed by atoms with Crippen LogP contribution in [0, 0.1) is 0 Å². The molecule has 0 radical (unpaired) electrons. The highest BCUT2D eigenvalue weighted by atomic mass is 32.2. The summed E-state index contributed by atoms with van der Waals surface area (Å²) in [5.74, 6) is -0.685. The van der Waals surface area contributed by atoms with Gasteiger partial charge >= 0.3 is 5.69 Å². The maximum atomic E-state index is 12.6. The highest BCUT2D eigenvalue weighted by Crippen LogP contribution is 2.11. The summed E-state index contributed by atoms with van der Waals surface area (Å²) in [7, 11) is 0.283. The van der Waals surface area contributed by atoms with Gasteiger partial charge in [-0.3, -0.25) is 14.2 Å². The van der Waals surface area contributed by atoms with Gasteiger partial charge < -0.3 is 10.2 Å². The van der Waals surface area contributed by atoms with Crippen molar-refractivity contribution in [1.29, 1.82) is 0 Å². The minimum atomic E-state index is -3.40. The molecule has 2 aromatic rings. The molecule has 0 saturated heterocycles. The molecule has 1 amide bonds. The number of carbonyl (C=O) groups excluding carboxylic acids is 1. The molecule has 1 aromatic heterocycles. The lowest BCUT2D eigenvalue weighted by Gasteiger charge is -2.12. The van der Waals surface area contributed by atoms with Gasteiger partial charge in [0.2, 0.25) is 5.69 Å². The Labute approximate surface area is 162 Å². The highest BCUT2D eigenvalue weighted by molar-refractivity contribution is 7.90. The number of sulfone groups is 1. The Morgan fingerprint density at radius 1 is 1.18 bits per heavy atom. The number of nitrogens with zero attached hydrogens (tertiary/aromatic N) is 4. The number of nitrogens with one attached hydrogen (secondary N) is 1. The topological polar surface area (TPSA) is 123 Å². The second-order valence-electron chi connectivity index (χ2n) is 6.42. The van der Waals surface area contributed by atoms with E-state index >= 15 is 0 Å². The van der Waals surface area contributed by atoms with Gasteiger partial charge in [-0.1, -0.05) is 0 Å². The number of amides is 1. The first-order valence-electron chi connectivity index (χ1n) is 8.54. The Balaban J connectivity index is 2.52. The first kappa shape index (κ1) is 21.5. The maximum absolute atomic E-state index is 12.6. The minimum absolute atomic E-state index is 0.0551. The third-order valence-corrected chi connectivity index (χ3v) is 5.07. The Morgan fingerprint density at radius 2 is 1.79 bits per heavy atom. The minimum Gasteiger partial charge on any atom is -0.349 e. The van der Waals surface area contributed by atoms with E-state index in [0.29, 0.717) is 13.1 Å². The van der Waals surface area contributed by atoms with Crippen LogP contribution in [0.3, 0.4) is 0 Å². The number of likely N-dealkylation sites (N-methyl/N-ethyl adjacent to an activating group) is 1. The average Bonchev–Trinajstić information content (AvgIpc) is 2.61. The summed E-state index contributed by atoms with van der Waals surface area (Å²) in [6.07, 6.45) is 1.07.